The largest absolute Gasteiger partial charge is 0.342 e. The highest BCUT2D eigenvalue weighted by atomic mass is 35.5. The van der Waals surface area contributed by atoms with Crippen LogP contribution in [0.5, 0.6) is 0 Å². The normalized spacial score (nSPS) is 14.1. The summed E-state index contributed by atoms with van der Waals surface area (Å²) in [6.07, 6.45) is 0.805. The molecule has 1 aromatic heterocycles. The van der Waals surface area contributed by atoms with Gasteiger partial charge in [0.1, 0.15) is 17.5 Å². The first kappa shape index (κ1) is 24.7. The van der Waals surface area contributed by atoms with Crippen LogP contribution in [0.2, 0.25) is 5.02 Å². The number of aromatic nitrogens is 2. The smallest absolute Gasteiger partial charge is 0.259 e. The van der Waals surface area contributed by atoms with Crippen molar-refractivity contribution in [3.05, 3.63) is 87.5 Å². The highest BCUT2D eigenvalue weighted by Gasteiger charge is 2.30. The molecule has 4 rings (SSSR count). The Morgan fingerprint density at radius 1 is 1.06 bits per heavy atom. The molecule has 3 aromatic rings. The zero-order valence-electron chi connectivity index (χ0n) is 19.4. The molecular formula is C26H25ClF2N4O2. The average Bonchev–Trinajstić information content (AvgIpc) is 2.81. The molecule has 0 spiro atoms. The number of piperidine rings is 1. The first-order valence-corrected chi connectivity index (χ1v) is 11.7. The third-order valence-electron chi connectivity index (χ3n) is 6.16. The fourth-order valence-electron chi connectivity index (χ4n) is 4.44. The molecule has 9 heteroatoms. The number of halogens is 3. The van der Waals surface area contributed by atoms with E-state index in [-0.39, 0.29) is 29.7 Å². The molecule has 0 saturated carbocycles. The number of nitrogens with one attached hydrogen (secondary N) is 1. The molecule has 1 N–H and O–H groups in total. The molecule has 0 atom stereocenters. The first-order chi connectivity index (χ1) is 16.7. The lowest BCUT2D eigenvalue weighted by Gasteiger charge is -2.32. The molecule has 35 heavy (non-hydrogen) atoms. The molecule has 2 aromatic carbocycles. The van der Waals surface area contributed by atoms with E-state index in [2.05, 4.69) is 15.3 Å². The van der Waals surface area contributed by atoms with Crippen LogP contribution >= 0.6 is 11.6 Å². The summed E-state index contributed by atoms with van der Waals surface area (Å²) in [6.45, 7) is 4.34. The fraction of sp³-hybridized carbons (Fsp3) is 0.308. The van der Waals surface area contributed by atoms with Crippen LogP contribution in [-0.4, -0.2) is 39.8 Å². The van der Waals surface area contributed by atoms with Crippen molar-refractivity contribution >= 4 is 29.1 Å². The Hall–Kier alpha value is -3.39. The SMILES string of the molecule is Cc1nc(C)c(C(=O)Nc2cccc(Cl)c2)c(C2CCN(C(=O)Cc3c(F)cccc3F)CC2)n1. The third-order valence-corrected chi connectivity index (χ3v) is 6.40. The number of amides is 2. The van der Waals surface area contributed by atoms with E-state index < -0.39 is 11.6 Å². The zero-order valence-corrected chi connectivity index (χ0v) is 20.2. The quantitative estimate of drug-likeness (QED) is 0.523. The van der Waals surface area contributed by atoms with Crippen LogP contribution in [0.4, 0.5) is 14.5 Å². The molecular weight excluding hydrogens is 474 g/mol. The van der Waals surface area contributed by atoms with Crippen molar-refractivity contribution in [1.29, 1.82) is 0 Å². The second-order valence-corrected chi connectivity index (χ2v) is 9.05. The number of carbonyl (C=O) groups excluding carboxylic acids is 2. The minimum absolute atomic E-state index is 0.0650. The molecule has 2 amide bonds. The van der Waals surface area contributed by atoms with Crippen molar-refractivity contribution in [3.63, 3.8) is 0 Å². The molecule has 0 aliphatic carbocycles. The van der Waals surface area contributed by atoms with Crippen LogP contribution in [0.15, 0.2) is 42.5 Å². The predicted octanol–water partition coefficient (Wildman–Crippen LogP) is 5.23. The summed E-state index contributed by atoms with van der Waals surface area (Å²) in [6, 6.07) is 10.4. The van der Waals surface area contributed by atoms with E-state index >= 15 is 0 Å². The van der Waals surface area contributed by atoms with E-state index in [1.54, 1.807) is 43.0 Å². The lowest BCUT2D eigenvalue weighted by molar-refractivity contribution is -0.131. The summed E-state index contributed by atoms with van der Waals surface area (Å²) < 4.78 is 27.9. The highest BCUT2D eigenvalue weighted by Crippen LogP contribution is 2.31. The van der Waals surface area contributed by atoms with Crippen molar-refractivity contribution in [3.8, 4) is 0 Å². The fourth-order valence-corrected chi connectivity index (χ4v) is 4.63. The standard InChI is InChI=1S/C26H25ClF2N4O2/c1-15-24(26(35)32-19-6-3-5-18(27)13-19)25(31-16(2)30-15)17-9-11-33(12-10-17)23(34)14-20-21(28)7-4-8-22(20)29/h3-8,13,17H,9-12,14H2,1-2H3,(H,32,35). The second-order valence-electron chi connectivity index (χ2n) is 8.61. The number of rotatable bonds is 5. The molecule has 1 fully saturated rings. The van der Waals surface area contributed by atoms with Gasteiger partial charge in [0.25, 0.3) is 5.91 Å². The number of hydrogen-bond acceptors (Lipinski definition) is 4. The van der Waals surface area contributed by atoms with E-state index in [1.165, 1.54) is 6.07 Å². The van der Waals surface area contributed by atoms with Crippen molar-refractivity contribution in [1.82, 2.24) is 14.9 Å². The number of hydrogen-bond donors (Lipinski definition) is 1. The number of anilines is 1. The van der Waals surface area contributed by atoms with Crippen LogP contribution in [0.1, 0.15) is 51.9 Å². The van der Waals surface area contributed by atoms with Gasteiger partial charge in [-0.25, -0.2) is 18.7 Å². The van der Waals surface area contributed by atoms with E-state index in [9.17, 15) is 18.4 Å². The maximum Gasteiger partial charge on any atom is 0.259 e. The summed E-state index contributed by atoms with van der Waals surface area (Å²) in [5.74, 6) is -1.61. The van der Waals surface area contributed by atoms with Gasteiger partial charge in [-0.15, -0.1) is 0 Å². The number of nitrogens with zero attached hydrogens (tertiary/aromatic N) is 3. The Balaban J connectivity index is 1.49. The lowest BCUT2D eigenvalue weighted by Crippen LogP contribution is -2.39. The van der Waals surface area contributed by atoms with Crippen molar-refractivity contribution in [2.24, 2.45) is 0 Å². The summed E-state index contributed by atoms with van der Waals surface area (Å²) in [4.78, 5) is 36.5. The van der Waals surface area contributed by atoms with Crippen LogP contribution < -0.4 is 5.32 Å². The van der Waals surface area contributed by atoms with Gasteiger partial charge in [0.15, 0.2) is 0 Å². The minimum atomic E-state index is -0.726. The van der Waals surface area contributed by atoms with E-state index in [0.29, 0.717) is 59.4 Å². The summed E-state index contributed by atoms with van der Waals surface area (Å²) in [7, 11) is 0. The van der Waals surface area contributed by atoms with Gasteiger partial charge in [-0.05, 0) is 57.0 Å². The molecule has 6 nitrogen and oxygen atoms in total. The Kier molecular flexibility index (Phi) is 7.40. The van der Waals surface area contributed by atoms with Gasteiger partial charge in [-0.3, -0.25) is 9.59 Å². The molecule has 0 bridgehead atoms. The molecule has 1 saturated heterocycles. The van der Waals surface area contributed by atoms with E-state index in [4.69, 9.17) is 11.6 Å². The Labute approximate surface area is 207 Å². The van der Waals surface area contributed by atoms with Crippen LogP contribution in [0.3, 0.4) is 0 Å². The topological polar surface area (TPSA) is 75.2 Å². The zero-order chi connectivity index (χ0) is 25.1. The van der Waals surface area contributed by atoms with Gasteiger partial charge in [0.05, 0.1) is 23.4 Å². The van der Waals surface area contributed by atoms with E-state index in [1.807, 2.05) is 0 Å². The van der Waals surface area contributed by atoms with Crippen LogP contribution in [-0.2, 0) is 11.2 Å². The van der Waals surface area contributed by atoms with Gasteiger partial charge < -0.3 is 10.2 Å². The van der Waals surface area contributed by atoms with Gasteiger partial charge in [0.2, 0.25) is 5.91 Å². The monoisotopic (exact) mass is 498 g/mol. The molecule has 0 unspecified atom stereocenters. The van der Waals surface area contributed by atoms with Crippen LogP contribution in [0, 0.1) is 25.5 Å². The lowest BCUT2D eigenvalue weighted by atomic mass is 9.89. The molecule has 1 aliphatic rings. The number of likely N-dealkylation sites (tertiary alicyclic amines) is 1. The third kappa shape index (κ3) is 5.65. The molecule has 2 heterocycles. The summed E-state index contributed by atoms with van der Waals surface area (Å²) in [5, 5.41) is 3.37. The van der Waals surface area contributed by atoms with Gasteiger partial charge in [0, 0.05) is 35.3 Å². The number of carbonyl (C=O) groups is 2. The Morgan fingerprint density at radius 3 is 2.37 bits per heavy atom. The molecule has 182 valence electrons. The maximum absolute atomic E-state index is 14.0. The van der Waals surface area contributed by atoms with Crippen molar-refractivity contribution in [2.75, 3.05) is 18.4 Å². The van der Waals surface area contributed by atoms with Gasteiger partial charge in [-0.1, -0.05) is 23.7 Å². The second kappa shape index (κ2) is 10.5. The Bertz CT molecular complexity index is 1260. The summed E-state index contributed by atoms with van der Waals surface area (Å²) in [5.41, 5.74) is 1.96. The van der Waals surface area contributed by atoms with Crippen LogP contribution in [0.25, 0.3) is 0 Å². The number of benzene rings is 2. The molecule has 1 aliphatic heterocycles. The van der Waals surface area contributed by atoms with Crippen molar-refractivity contribution in [2.45, 2.75) is 39.0 Å². The van der Waals surface area contributed by atoms with Gasteiger partial charge in [-0.2, -0.15) is 0 Å². The average molecular weight is 499 g/mol. The Morgan fingerprint density at radius 2 is 1.71 bits per heavy atom. The highest BCUT2D eigenvalue weighted by molar-refractivity contribution is 6.31. The number of aryl methyl sites for hydroxylation is 2. The summed E-state index contributed by atoms with van der Waals surface area (Å²) >= 11 is 6.04. The van der Waals surface area contributed by atoms with Gasteiger partial charge >= 0.3 is 0 Å². The maximum atomic E-state index is 14.0. The molecule has 0 radical (unpaired) electrons. The minimum Gasteiger partial charge on any atom is -0.342 e. The van der Waals surface area contributed by atoms with E-state index in [0.717, 1.165) is 12.1 Å². The van der Waals surface area contributed by atoms with Crippen molar-refractivity contribution < 1.29 is 18.4 Å². The first-order valence-electron chi connectivity index (χ1n) is 11.4. The predicted molar refractivity (Wildman–Crippen MR) is 130 cm³/mol.